The van der Waals surface area contributed by atoms with E-state index in [9.17, 15) is 19.2 Å². The summed E-state index contributed by atoms with van der Waals surface area (Å²) in [6.07, 6.45) is 1.71. The van der Waals surface area contributed by atoms with Crippen molar-refractivity contribution in [2.45, 2.75) is 26.8 Å². The summed E-state index contributed by atoms with van der Waals surface area (Å²) in [6, 6.07) is 12.5. The Labute approximate surface area is 215 Å². The summed E-state index contributed by atoms with van der Waals surface area (Å²) >= 11 is 1.20. The zero-order chi connectivity index (χ0) is 26.7. The molecule has 4 rings (SSSR count). The van der Waals surface area contributed by atoms with Crippen LogP contribution in [0.15, 0.2) is 69.6 Å². The van der Waals surface area contributed by atoms with E-state index in [1.54, 1.807) is 68.5 Å². The van der Waals surface area contributed by atoms with Gasteiger partial charge in [-0.2, -0.15) is 0 Å². The summed E-state index contributed by atoms with van der Waals surface area (Å²) in [6.45, 7) is 4.89. The van der Waals surface area contributed by atoms with Crippen molar-refractivity contribution in [1.29, 1.82) is 0 Å². The summed E-state index contributed by atoms with van der Waals surface area (Å²) in [5, 5.41) is 0. The van der Waals surface area contributed by atoms with E-state index in [2.05, 4.69) is 4.99 Å². The second-order valence-corrected chi connectivity index (χ2v) is 9.09. The molecule has 0 bridgehead atoms. The minimum absolute atomic E-state index is 0.164. The monoisotopic (exact) mass is 520 g/mol. The summed E-state index contributed by atoms with van der Waals surface area (Å²) in [4.78, 5) is 54.6. The molecule has 0 N–H and O–H groups in total. The molecule has 2 heterocycles. The number of benzene rings is 2. The first kappa shape index (κ1) is 25.8. The zero-order valence-corrected chi connectivity index (χ0v) is 21.5. The molecule has 0 aliphatic carbocycles. The third-order valence-corrected chi connectivity index (χ3v) is 6.59. The Morgan fingerprint density at radius 2 is 1.73 bits per heavy atom. The Balaban J connectivity index is 1.85. The predicted octanol–water partition coefficient (Wildman–Crippen LogP) is 2.51. The molecule has 0 amide bonds. The highest BCUT2D eigenvalue weighted by Crippen LogP contribution is 2.31. The fourth-order valence-electron chi connectivity index (χ4n) is 3.98. The van der Waals surface area contributed by atoms with Gasteiger partial charge in [0.05, 0.1) is 41.1 Å². The molecule has 3 aromatic rings. The van der Waals surface area contributed by atoms with Crippen molar-refractivity contribution < 1.29 is 28.6 Å². The van der Waals surface area contributed by atoms with E-state index in [0.717, 1.165) is 5.56 Å². The fourth-order valence-corrected chi connectivity index (χ4v) is 5.02. The normalized spacial score (nSPS) is 15.0. The number of fused-ring (bicyclic) bond motifs is 1. The highest BCUT2D eigenvalue weighted by Gasteiger charge is 2.33. The maximum atomic E-state index is 13.6. The lowest BCUT2D eigenvalue weighted by Crippen LogP contribution is -2.39. The molecular formula is C27H24N2O7S. The second kappa shape index (κ2) is 10.8. The molecule has 0 fully saturated rings. The van der Waals surface area contributed by atoms with E-state index in [-0.39, 0.29) is 17.7 Å². The van der Waals surface area contributed by atoms with E-state index >= 15 is 0 Å². The van der Waals surface area contributed by atoms with Crippen LogP contribution in [0.25, 0.3) is 6.08 Å². The van der Waals surface area contributed by atoms with Gasteiger partial charge in [-0.1, -0.05) is 35.6 Å². The number of nitrogens with zero attached hydrogens (tertiary/aromatic N) is 2. The molecule has 0 radical (unpaired) electrons. The maximum Gasteiger partial charge on any atom is 0.338 e. The number of esters is 3. The van der Waals surface area contributed by atoms with Gasteiger partial charge < -0.3 is 14.2 Å². The minimum Gasteiger partial charge on any atom is -0.465 e. The first-order chi connectivity index (χ1) is 17.7. The van der Waals surface area contributed by atoms with Crippen LogP contribution >= 0.6 is 11.3 Å². The Morgan fingerprint density at radius 1 is 1.05 bits per heavy atom. The van der Waals surface area contributed by atoms with Crippen LogP contribution in [0.5, 0.6) is 5.75 Å². The van der Waals surface area contributed by atoms with Crippen molar-refractivity contribution in [1.82, 2.24) is 4.57 Å². The Kier molecular flexibility index (Phi) is 7.49. The molecule has 190 valence electrons. The van der Waals surface area contributed by atoms with Gasteiger partial charge >= 0.3 is 17.9 Å². The van der Waals surface area contributed by atoms with Crippen LogP contribution < -0.4 is 19.6 Å². The summed E-state index contributed by atoms with van der Waals surface area (Å²) in [7, 11) is 1.29. The standard InChI is InChI=1S/C27H24N2O7S/c1-5-35-26(33)22-15(2)28-27-29(23(22)18-8-10-19(11-9-18)25(32)34-4)24(31)21(37-27)14-17-6-12-20(13-7-17)36-16(3)30/h6-14,23H,5H2,1-4H3. The quantitative estimate of drug-likeness (QED) is 0.363. The second-order valence-electron chi connectivity index (χ2n) is 8.08. The smallest absolute Gasteiger partial charge is 0.338 e. The number of rotatable bonds is 6. The number of carbonyl (C=O) groups excluding carboxylic acids is 3. The van der Waals surface area contributed by atoms with Crippen LogP contribution in [0, 0.1) is 0 Å². The van der Waals surface area contributed by atoms with Crippen molar-refractivity contribution in [3.63, 3.8) is 0 Å². The molecule has 2 aromatic carbocycles. The van der Waals surface area contributed by atoms with Crippen molar-refractivity contribution >= 4 is 35.3 Å². The van der Waals surface area contributed by atoms with Crippen LogP contribution in [0.3, 0.4) is 0 Å². The first-order valence-corrected chi connectivity index (χ1v) is 12.2. The molecule has 0 spiro atoms. The molecule has 0 saturated heterocycles. The lowest BCUT2D eigenvalue weighted by Gasteiger charge is -2.24. The van der Waals surface area contributed by atoms with Gasteiger partial charge in [0.15, 0.2) is 4.80 Å². The van der Waals surface area contributed by atoms with E-state index in [0.29, 0.717) is 31.9 Å². The molecule has 0 saturated carbocycles. The van der Waals surface area contributed by atoms with E-state index < -0.39 is 23.9 Å². The Hall–Kier alpha value is -4.31. The lowest BCUT2D eigenvalue weighted by molar-refractivity contribution is -0.139. The van der Waals surface area contributed by atoms with Gasteiger partial charge in [0.25, 0.3) is 5.56 Å². The van der Waals surface area contributed by atoms with Gasteiger partial charge in [-0.15, -0.1) is 0 Å². The van der Waals surface area contributed by atoms with E-state index in [4.69, 9.17) is 14.2 Å². The number of allylic oxidation sites excluding steroid dienone is 1. The highest BCUT2D eigenvalue weighted by molar-refractivity contribution is 7.07. The van der Waals surface area contributed by atoms with Gasteiger partial charge in [0.2, 0.25) is 0 Å². The Bertz CT molecular complexity index is 1580. The highest BCUT2D eigenvalue weighted by atomic mass is 32.1. The third kappa shape index (κ3) is 5.29. The fraction of sp³-hybridized carbons (Fsp3) is 0.222. The molecule has 9 nitrogen and oxygen atoms in total. The van der Waals surface area contributed by atoms with Crippen LogP contribution in [-0.2, 0) is 19.1 Å². The van der Waals surface area contributed by atoms with Gasteiger partial charge in [-0.3, -0.25) is 14.2 Å². The number of hydrogen-bond donors (Lipinski definition) is 0. The predicted molar refractivity (Wildman–Crippen MR) is 136 cm³/mol. The van der Waals surface area contributed by atoms with Crippen LogP contribution in [-0.4, -0.2) is 36.2 Å². The summed E-state index contributed by atoms with van der Waals surface area (Å²) < 4.78 is 17.0. The molecule has 37 heavy (non-hydrogen) atoms. The van der Waals surface area contributed by atoms with Gasteiger partial charge in [-0.05, 0) is 55.3 Å². The SMILES string of the molecule is CCOC(=O)C1=C(C)N=c2sc(=Cc3ccc(OC(C)=O)cc3)c(=O)n2C1c1ccc(C(=O)OC)cc1. The zero-order valence-electron chi connectivity index (χ0n) is 20.6. The van der Waals surface area contributed by atoms with Gasteiger partial charge in [-0.25, -0.2) is 14.6 Å². The van der Waals surface area contributed by atoms with Crippen molar-refractivity contribution in [2.24, 2.45) is 4.99 Å². The maximum absolute atomic E-state index is 13.6. The summed E-state index contributed by atoms with van der Waals surface area (Å²) in [5.74, 6) is -1.08. The van der Waals surface area contributed by atoms with E-state index in [1.165, 1.54) is 29.9 Å². The molecular weight excluding hydrogens is 496 g/mol. The largest absolute Gasteiger partial charge is 0.465 e. The van der Waals surface area contributed by atoms with Crippen LogP contribution in [0.4, 0.5) is 0 Å². The molecule has 1 aliphatic rings. The topological polar surface area (TPSA) is 113 Å². The average molecular weight is 521 g/mol. The first-order valence-electron chi connectivity index (χ1n) is 11.4. The number of thiazole rings is 1. The van der Waals surface area contributed by atoms with Gasteiger partial charge in [0, 0.05) is 6.92 Å². The summed E-state index contributed by atoms with van der Waals surface area (Å²) in [5.41, 5.74) is 2.04. The molecule has 10 heteroatoms. The van der Waals surface area contributed by atoms with Crippen molar-refractivity contribution in [3.05, 3.63) is 96.2 Å². The molecule has 1 aromatic heterocycles. The average Bonchev–Trinajstić information content (AvgIpc) is 3.18. The number of aromatic nitrogens is 1. The van der Waals surface area contributed by atoms with Gasteiger partial charge in [0.1, 0.15) is 5.75 Å². The lowest BCUT2D eigenvalue weighted by atomic mass is 9.95. The number of hydrogen-bond acceptors (Lipinski definition) is 9. The number of methoxy groups -OCH3 is 1. The van der Waals surface area contributed by atoms with E-state index in [1.807, 2.05) is 0 Å². The van der Waals surface area contributed by atoms with Crippen LogP contribution in [0.1, 0.15) is 48.3 Å². The van der Waals surface area contributed by atoms with Crippen molar-refractivity contribution in [3.8, 4) is 5.75 Å². The molecule has 1 atom stereocenters. The Morgan fingerprint density at radius 3 is 2.32 bits per heavy atom. The number of carbonyl (C=O) groups is 3. The molecule has 1 aliphatic heterocycles. The third-order valence-electron chi connectivity index (χ3n) is 5.60. The molecule has 1 unspecified atom stereocenters. The number of ether oxygens (including phenoxy) is 3. The van der Waals surface area contributed by atoms with Crippen LogP contribution in [0.2, 0.25) is 0 Å². The minimum atomic E-state index is -0.796. The van der Waals surface area contributed by atoms with Crippen molar-refractivity contribution in [2.75, 3.05) is 13.7 Å².